The number of anilines is 1. The third-order valence-corrected chi connectivity index (χ3v) is 7.34. The first-order valence-corrected chi connectivity index (χ1v) is 12.3. The SMILES string of the molecule is CC1CCCC(NC(=O)CSC2=NC(=Cc3ccccc3)C(=O)N2c2ccc(F)cc2)C1C. The Hall–Kier alpha value is -2.93. The van der Waals surface area contributed by atoms with Crippen molar-refractivity contribution < 1.29 is 14.0 Å². The minimum Gasteiger partial charge on any atom is -0.352 e. The molecular weight excluding hydrogens is 437 g/mol. The maximum atomic E-state index is 13.5. The molecule has 2 amide bonds. The zero-order valence-corrected chi connectivity index (χ0v) is 19.6. The molecule has 2 aliphatic rings. The standard InChI is InChI=1S/C26H28FN3O2S/c1-17-7-6-10-22(18(17)2)28-24(31)16-33-26-29-23(15-19-8-4-3-5-9-19)25(32)30(26)21-13-11-20(27)12-14-21/h3-5,8-9,11-15,17-18,22H,6-7,10,16H2,1-2H3,(H,28,31). The van der Waals surface area contributed by atoms with Crippen molar-refractivity contribution in [2.75, 3.05) is 10.7 Å². The summed E-state index contributed by atoms with van der Waals surface area (Å²) in [5.74, 6) is 0.429. The van der Waals surface area contributed by atoms with E-state index < -0.39 is 0 Å². The fourth-order valence-corrected chi connectivity index (χ4v) is 5.11. The second-order valence-corrected chi connectivity index (χ2v) is 9.62. The van der Waals surface area contributed by atoms with Crippen molar-refractivity contribution in [2.45, 2.75) is 39.2 Å². The average molecular weight is 466 g/mol. The molecule has 0 aromatic heterocycles. The molecule has 1 aliphatic heterocycles. The van der Waals surface area contributed by atoms with Crippen molar-refractivity contribution in [3.8, 4) is 0 Å². The molecule has 3 atom stereocenters. The molecular formula is C26H28FN3O2S. The molecule has 1 saturated carbocycles. The van der Waals surface area contributed by atoms with Crippen LogP contribution in [-0.2, 0) is 9.59 Å². The maximum Gasteiger partial charge on any atom is 0.283 e. The van der Waals surface area contributed by atoms with Gasteiger partial charge in [-0.25, -0.2) is 9.38 Å². The number of carbonyl (C=O) groups excluding carboxylic acids is 2. The summed E-state index contributed by atoms with van der Waals surface area (Å²) in [5.41, 5.74) is 1.65. The molecule has 33 heavy (non-hydrogen) atoms. The van der Waals surface area contributed by atoms with Crippen LogP contribution in [0.5, 0.6) is 0 Å². The molecule has 1 aliphatic carbocycles. The van der Waals surface area contributed by atoms with Crippen LogP contribution >= 0.6 is 11.8 Å². The van der Waals surface area contributed by atoms with Crippen LogP contribution in [0.2, 0.25) is 0 Å². The van der Waals surface area contributed by atoms with Crippen molar-refractivity contribution in [3.05, 3.63) is 71.7 Å². The molecule has 0 spiro atoms. The van der Waals surface area contributed by atoms with Gasteiger partial charge in [0.25, 0.3) is 5.91 Å². The number of halogens is 1. The first kappa shape index (κ1) is 23.2. The third-order valence-electron chi connectivity index (χ3n) is 6.40. The number of nitrogens with zero attached hydrogens (tertiary/aromatic N) is 2. The Morgan fingerprint density at radius 2 is 1.88 bits per heavy atom. The molecule has 4 rings (SSSR count). The number of hydrogen-bond acceptors (Lipinski definition) is 4. The van der Waals surface area contributed by atoms with E-state index in [1.165, 1.54) is 35.2 Å². The van der Waals surface area contributed by atoms with Crippen LogP contribution in [0.1, 0.15) is 38.7 Å². The number of amides is 2. The topological polar surface area (TPSA) is 61.8 Å². The van der Waals surface area contributed by atoms with Gasteiger partial charge in [0.1, 0.15) is 11.5 Å². The molecule has 1 fully saturated rings. The molecule has 0 saturated heterocycles. The van der Waals surface area contributed by atoms with Gasteiger partial charge in [-0.05, 0) is 54.2 Å². The maximum absolute atomic E-state index is 13.5. The Morgan fingerprint density at radius 3 is 2.61 bits per heavy atom. The fourth-order valence-electron chi connectivity index (χ4n) is 4.28. The van der Waals surface area contributed by atoms with E-state index in [0.29, 0.717) is 22.7 Å². The highest BCUT2D eigenvalue weighted by atomic mass is 32.2. The zero-order valence-electron chi connectivity index (χ0n) is 18.8. The van der Waals surface area contributed by atoms with Gasteiger partial charge in [-0.3, -0.25) is 14.5 Å². The quantitative estimate of drug-likeness (QED) is 0.614. The first-order chi connectivity index (χ1) is 15.9. The van der Waals surface area contributed by atoms with Crippen molar-refractivity contribution >= 4 is 40.5 Å². The predicted molar refractivity (Wildman–Crippen MR) is 132 cm³/mol. The van der Waals surface area contributed by atoms with Crippen LogP contribution in [0.4, 0.5) is 10.1 Å². The van der Waals surface area contributed by atoms with Crippen molar-refractivity contribution in [1.29, 1.82) is 0 Å². The van der Waals surface area contributed by atoms with Crippen LogP contribution in [0.3, 0.4) is 0 Å². The minimum absolute atomic E-state index is 0.0688. The molecule has 1 N–H and O–H groups in total. The molecule has 0 bridgehead atoms. The van der Waals surface area contributed by atoms with E-state index in [1.54, 1.807) is 18.2 Å². The van der Waals surface area contributed by atoms with E-state index in [9.17, 15) is 14.0 Å². The summed E-state index contributed by atoms with van der Waals surface area (Å²) < 4.78 is 13.5. The Balaban J connectivity index is 1.51. The highest BCUT2D eigenvalue weighted by molar-refractivity contribution is 8.14. The highest BCUT2D eigenvalue weighted by Gasteiger charge is 2.33. The van der Waals surface area contributed by atoms with Gasteiger partial charge in [0, 0.05) is 6.04 Å². The predicted octanol–water partition coefficient (Wildman–Crippen LogP) is 5.24. The van der Waals surface area contributed by atoms with Gasteiger partial charge in [0.2, 0.25) is 5.91 Å². The monoisotopic (exact) mass is 465 g/mol. The van der Waals surface area contributed by atoms with Crippen molar-refractivity contribution in [1.82, 2.24) is 5.32 Å². The summed E-state index contributed by atoms with van der Waals surface area (Å²) in [4.78, 5) is 31.9. The highest BCUT2D eigenvalue weighted by Crippen LogP contribution is 2.31. The Morgan fingerprint density at radius 1 is 1.15 bits per heavy atom. The van der Waals surface area contributed by atoms with Crippen LogP contribution in [0.15, 0.2) is 65.3 Å². The van der Waals surface area contributed by atoms with Crippen molar-refractivity contribution in [3.63, 3.8) is 0 Å². The molecule has 5 nitrogen and oxygen atoms in total. The van der Waals surface area contributed by atoms with Crippen LogP contribution in [0, 0.1) is 17.7 Å². The Kier molecular flexibility index (Phi) is 7.28. The summed E-state index contributed by atoms with van der Waals surface area (Å²) >= 11 is 1.22. The molecule has 7 heteroatoms. The summed E-state index contributed by atoms with van der Waals surface area (Å²) in [6, 6.07) is 15.3. The third kappa shape index (κ3) is 5.53. The minimum atomic E-state index is -0.383. The van der Waals surface area contributed by atoms with E-state index in [2.05, 4.69) is 24.2 Å². The van der Waals surface area contributed by atoms with Gasteiger partial charge in [-0.15, -0.1) is 0 Å². The van der Waals surface area contributed by atoms with Gasteiger partial charge in [-0.2, -0.15) is 0 Å². The molecule has 2 aromatic rings. The van der Waals surface area contributed by atoms with Gasteiger partial charge >= 0.3 is 0 Å². The Bertz CT molecular complexity index is 1070. The zero-order chi connectivity index (χ0) is 23.4. The number of rotatable bonds is 5. The number of nitrogens with one attached hydrogen (secondary N) is 1. The van der Waals surface area contributed by atoms with Crippen LogP contribution in [-0.4, -0.2) is 28.8 Å². The number of hydrogen-bond donors (Lipinski definition) is 1. The van der Waals surface area contributed by atoms with Crippen LogP contribution in [0.25, 0.3) is 6.08 Å². The van der Waals surface area contributed by atoms with E-state index in [1.807, 2.05) is 30.3 Å². The number of carbonyl (C=O) groups is 2. The molecule has 2 aromatic carbocycles. The second kappa shape index (κ2) is 10.3. The largest absolute Gasteiger partial charge is 0.352 e. The van der Waals surface area contributed by atoms with Gasteiger partial charge < -0.3 is 5.32 Å². The normalized spacial score (nSPS) is 24.2. The number of aliphatic imine (C=N–C) groups is 1. The lowest BCUT2D eigenvalue weighted by molar-refractivity contribution is -0.120. The molecule has 0 radical (unpaired) electrons. The second-order valence-electron chi connectivity index (χ2n) is 8.68. The summed E-state index contributed by atoms with van der Waals surface area (Å²) in [6.07, 6.45) is 5.03. The number of amidine groups is 1. The molecule has 1 heterocycles. The summed E-state index contributed by atoms with van der Waals surface area (Å²) in [6.45, 7) is 4.43. The van der Waals surface area contributed by atoms with Crippen molar-refractivity contribution in [2.24, 2.45) is 16.8 Å². The fraction of sp³-hybridized carbons (Fsp3) is 0.346. The lowest BCUT2D eigenvalue weighted by Crippen LogP contribution is -2.44. The summed E-state index contributed by atoms with van der Waals surface area (Å²) in [5, 5.41) is 3.58. The molecule has 3 unspecified atom stereocenters. The van der Waals surface area contributed by atoms with E-state index >= 15 is 0 Å². The van der Waals surface area contributed by atoms with E-state index in [-0.39, 0.29) is 35.1 Å². The van der Waals surface area contributed by atoms with E-state index in [0.717, 1.165) is 18.4 Å². The number of thioether (sulfide) groups is 1. The van der Waals surface area contributed by atoms with Gasteiger partial charge in [0.05, 0.1) is 11.4 Å². The smallest absolute Gasteiger partial charge is 0.283 e. The van der Waals surface area contributed by atoms with Gasteiger partial charge in [0.15, 0.2) is 5.17 Å². The first-order valence-electron chi connectivity index (χ1n) is 11.3. The van der Waals surface area contributed by atoms with Gasteiger partial charge in [-0.1, -0.05) is 68.8 Å². The van der Waals surface area contributed by atoms with E-state index in [4.69, 9.17) is 0 Å². The molecule has 172 valence electrons. The van der Waals surface area contributed by atoms with Crippen LogP contribution < -0.4 is 10.2 Å². The lowest BCUT2D eigenvalue weighted by atomic mass is 9.78. The Labute approximate surface area is 198 Å². The average Bonchev–Trinajstić information content (AvgIpc) is 3.12. The number of benzene rings is 2. The lowest BCUT2D eigenvalue weighted by Gasteiger charge is -2.34. The summed E-state index contributed by atoms with van der Waals surface area (Å²) in [7, 11) is 0.